The molecule has 0 atom stereocenters. The number of hydrogen-bond acceptors (Lipinski definition) is 2. The Bertz CT molecular complexity index is 303. The highest BCUT2D eigenvalue weighted by Crippen LogP contribution is 2.21. The quantitative estimate of drug-likeness (QED) is 0.768. The zero-order valence-electron chi connectivity index (χ0n) is 11.4. The molecule has 0 bridgehead atoms. The molecule has 1 aromatic carbocycles. The lowest BCUT2D eigenvalue weighted by Gasteiger charge is -2.08. The van der Waals surface area contributed by atoms with Crippen molar-refractivity contribution in [2.45, 2.75) is 26.2 Å². The summed E-state index contributed by atoms with van der Waals surface area (Å²) in [6.07, 6.45) is 4.22. The monoisotopic (exact) mass is 291 g/mol. The summed E-state index contributed by atoms with van der Waals surface area (Å²) in [6.45, 7) is 4.47. The van der Waals surface area contributed by atoms with Crippen molar-refractivity contribution in [2.75, 3.05) is 27.3 Å². The third-order valence-electron chi connectivity index (χ3n) is 2.28. The van der Waals surface area contributed by atoms with E-state index in [4.69, 9.17) is 23.2 Å². The van der Waals surface area contributed by atoms with Crippen LogP contribution in [0.15, 0.2) is 18.2 Å². The molecule has 1 heterocycles. The van der Waals surface area contributed by atoms with Crippen molar-refractivity contribution in [2.24, 2.45) is 0 Å². The fraction of sp³-hybridized carbons (Fsp3) is 0.571. The van der Waals surface area contributed by atoms with Crippen LogP contribution >= 0.6 is 23.2 Å². The van der Waals surface area contributed by atoms with E-state index in [0.717, 1.165) is 5.56 Å². The molecule has 2 rings (SSSR count). The van der Waals surface area contributed by atoms with Crippen molar-refractivity contribution in [1.82, 2.24) is 5.32 Å². The minimum Gasteiger partial charge on any atom is -0.388 e. The van der Waals surface area contributed by atoms with Gasteiger partial charge >= 0.3 is 0 Å². The first-order chi connectivity index (χ1) is 8.61. The van der Waals surface area contributed by atoms with Gasteiger partial charge in [0, 0.05) is 14.2 Å². The van der Waals surface area contributed by atoms with Crippen LogP contribution in [0.2, 0.25) is 10.0 Å². The van der Waals surface area contributed by atoms with Crippen molar-refractivity contribution in [1.29, 1.82) is 0 Å². The molecule has 1 fully saturated rings. The van der Waals surface area contributed by atoms with Crippen LogP contribution in [-0.2, 0) is 4.74 Å². The molecule has 1 N–H and O–H groups in total. The Morgan fingerprint density at radius 2 is 1.56 bits per heavy atom. The summed E-state index contributed by atoms with van der Waals surface area (Å²) in [5.41, 5.74) is 1.13. The molecule has 0 radical (unpaired) electrons. The Kier molecular flexibility index (Phi) is 11.6. The van der Waals surface area contributed by atoms with Crippen LogP contribution < -0.4 is 5.32 Å². The van der Waals surface area contributed by atoms with Gasteiger partial charge in [0.15, 0.2) is 0 Å². The Balaban J connectivity index is 0.000000278. The lowest BCUT2D eigenvalue weighted by Crippen LogP contribution is -2.21. The minimum atomic E-state index is 0.613. The molecular formula is C14H23Cl2NO. The van der Waals surface area contributed by atoms with Crippen LogP contribution in [0.25, 0.3) is 0 Å². The molecule has 0 unspecified atom stereocenters. The van der Waals surface area contributed by atoms with E-state index in [1.54, 1.807) is 20.3 Å². The maximum absolute atomic E-state index is 5.68. The van der Waals surface area contributed by atoms with Gasteiger partial charge < -0.3 is 10.1 Å². The van der Waals surface area contributed by atoms with Gasteiger partial charge in [0.1, 0.15) is 0 Å². The van der Waals surface area contributed by atoms with Crippen molar-refractivity contribution >= 4 is 23.2 Å². The summed E-state index contributed by atoms with van der Waals surface area (Å²) in [4.78, 5) is 0. The second-order valence-electron chi connectivity index (χ2n) is 4.14. The van der Waals surface area contributed by atoms with Gasteiger partial charge in [-0.05, 0) is 50.6 Å². The van der Waals surface area contributed by atoms with Gasteiger partial charge in [-0.2, -0.15) is 0 Å². The second-order valence-corrected chi connectivity index (χ2v) is 4.95. The molecule has 104 valence electrons. The lowest BCUT2D eigenvalue weighted by molar-refractivity contribution is 0.277. The van der Waals surface area contributed by atoms with E-state index in [-0.39, 0.29) is 0 Å². The minimum absolute atomic E-state index is 0.613. The molecule has 18 heavy (non-hydrogen) atoms. The summed E-state index contributed by atoms with van der Waals surface area (Å²) in [7, 11) is 3.25. The van der Waals surface area contributed by atoms with E-state index in [2.05, 4.69) is 10.1 Å². The second kappa shape index (κ2) is 11.8. The maximum atomic E-state index is 5.68. The van der Waals surface area contributed by atoms with Crippen LogP contribution in [0.1, 0.15) is 24.8 Å². The molecule has 0 spiro atoms. The zero-order chi connectivity index (χ0) is 13.8. The number of aryl methyl sites for hydroxylation is 1. The average Bonchev–Trinajstić information content (AvgIpc) is 2.38. The fourth-order valence-electron chi connectivity index (χ4n) is 1.40. The fourth-order valence-corrected chi connectivity index (χ4v) is 1.76. The summed E-state index contributed by atoms with van der Waals surface area (Å²) in [5, 5.41) is 4.52. The SMILES string of the molecule is C1CCNCC1.COC.Cc1ccc(Cl)c(Cl)c1. The van der Waals surface area contributed by atoms with Crippen LogP contribution in [0.4, 0.5) is 0 Å². The van der Waals surface area contributed by atoms with E-state index in [9.17, 15) is 0 Å². The molecule has 1 saturated heterocycles. The molecule has 1 aliphatic rings. The molecule has 4 heteroatoms. The summed E-state index contributed by atoms with van der Waals surface area (Å²) < 4.78 is 4.25. The molecule has 0 aromatic heterocycles. The third-order valence-corrected chi connectivity index (χ3v) is 3.02. The topological polar surface area (TPSA) is 21.3 Å². The number of ether oxygens (including phenoxy) is 1. The standard InChI is InChI=1S/C7H6Cl2.C5H11N.C2H6O/c1-5-2-3-6(8)7(9)4-5;1-2-4-6-5-3-1;1-3-2/h2-4H,1H3;6H,1-5H2;1-2H3. The Labute approximate surface area is 121 Å². The Morgan fingerprint density at radius 1 is 1.00 bits per heavy atom. The first kappa shape index (κ1) is 17.7. The van der Waals surface area contributed by atoms with E-state index in [0.29, 0.717) is 10.0 Å². The summed E-state index contributed by atoms with van der Waals surface area (Å²) >= 11 is 11.3. The lowest BCUT2D eigenvalue weighted by atomic mass is 10.2. The average molecular weight is 292 g/mol. The number of methoxy groups -OCH3 is 1. The van der Waals surface area contributed by atoms with Crippen LogP contribution in [0, 0.1) is 6.92 Å². The van der Waals surface area contributed by atoms with Crippen molar-refractivity contribution in [3.05, 3.63) is 33.8 Å². The van der Waals surface area contributed by atoms with Gasteiger partial charge in [0.2, 0.25) is 0 Å². The van der Waals surface area contributed by atoms with E-state index in [1.807, 2.05) is 19.1 Å². The first-order valence-corrected chi connectivity index (χ1v) is 6.90. The van der Waals surface area contributed by atoms with Gasteiger partial charge in [-0.25, -0.2) is 0 Å². The summed E-state index contributed by atoms with van der Waals surface area (Å²) in [5.74, 6) is 0. The number of piperidine rings is 1. The van der Waals surface area contributed by atoms with Crippen LogP contribution in [0.5, 0.6) is 0 Å². The van der Waals surface area contributed by atoms with Crippen molar-refractivity contribution < 1.29 is 4.74 Å². The first-order valence-electron chi connectivity index (χ1n) is 6.14. The predicted molar refractivity (Wildman–Crippen MR) is 80.9 cm³/mol. The van der Waals surface area contributed by atoms with Crippen LogP contribution in [-0.4, -0.2) is 27.3 Å². The number of nitrogens with one attached hydrogen (secondary N) is 1. The largest absolute Gasteiger partial charge is 0.388 e. The highest BCUT2D eigenvalue weighted by Gasteiger charge is 1.94. The van der Waals surface area contributed by atoms with Crippen molar-refractivity contribution in [3.63, 3.8) is 0 Å². The highest BCUT2D eigenvalue weighted by atomic mass is 35.5. The Hall–Kier alpha value is -0.280. The number of halogens is 2. The number of rotatable bonds is 0. The zero-order valence-corrected chi connectivity index (χ0v) is 12.9. The van der Waals surface area contributed by atoms with Gasteiger partial charge in [-0.1, -0.05) is 35.7 Å². The molecule has 1 aliphatic heterocycles. The molecule has 0 amide bonds. The molecule has 0 saturated carbocycles. The molecular weight excluding hydrogens is 269 g/mol. The van der Waals surface area contributed by atoms with Gasteiger partial charge in [-0.3, -0.25) is 0 Å². The summed E-state index contributed by atoms with van der Waals surface area (Å²) in [6, 6.07) is 5.55. The van der Waals surface area contributed by atoms with Gasteiger partial charge in [-0.15, -0.1) is 0 Å². The number of hydrogen-bond donors (Lipinski definition) is 1. The van der Waals surface area contributed by atoms with Crippen molar-refractivity contribution in [3.8, 4) is 0 Å². The highest BCUT2D eigenvalue weighted by molar-refractivity contribution is 6.41. The van der Waals surface area contributed by atoms with Gasteiger partial charge in [0.25, 0.3) is 0 Å². The molecule has 0 aliphatic carbocycles. The Morgan fingerprint density at radius 3 is 1.83 bits per heavy atom. The molecule has 1 aromatic rings. The van der Waals surface area contributed by atoms with E-state index in [1.165, 1.54) is 32.4 Å². The van der Waals surface area contributed by atoms with E-state index < -0.39 is 0 Å². The predicted octanol–water partition coefficient (Wildman–Crippen LogP) is 4.32. The number of benzene rings is 1. The van der Waals surface area contributed by atoms with Gasteiger partial charge in [0.05, 0.1) is 10.0 Å². The molecule has 2 nitrogen and oxygen atoms in total. The smallest absolute Gasteiger partial charge is 0.0594 e. The van der Waals surface area contributed by atoms with Crippen LogP contribution in [0.3, 0.4) is 0 Å². The third kappa shape index (κ3) is 9.72. The maximum Gasteiger partial charge on any atom is 0.0594 e. The normalized spacial score (nSPS) is 13.8. The van der Waals surface area contributed by atoms with E-state index >= 15 is 0 Å².